The van der Waals surface area contributed by atoms with Gasteiger partial charge in [0.15, 0.2) is 11.6 Å². The minimum absolute atomic E-state index is 0.257. The number of rotatable bonds is 4. The zero-order valence-electron chi connectivity index (χ0n) is 12.9. The van der Waals surface area contributed by atoms with Crippen LogP contribution in [0.2, 0.25) is 0 Å². The van der Waals surface area contributed by atoms with Crippen LogP contribution in [0.4, 0.5) is 8.78 Å². The number of ether oxygens (including phenoxy) is 2. The lowest BCUT2D eigenvalue weighted by Crippen LogP contribution is -2.08. The van der Waals surface area contributed by atoms with Crippen LogP contribution in [0.5, 0.6) is 11.5 Å². The Bertz CT molecular complexity index is 889. The quantitative estimate of drug-likeness (QED) is 0.513. The van der Waals surface area contributed by atoms with Crippen LogP contribution in [0.15, 0.2) is 54.6 Å². The third-order valence-corrected chi connectivity index (χ3v) is 3.46. The molecule has 0 aliphatic heterocycles. The highest BCUT2D eigenvalue weighted by atomic mass is 19.2. The van der Waals surface area contributed by atoms with Gasteiger partial charge in [0.05, 0.1) is 12.2 Å². The van der Waals surface area contributed by atoms with Crippen molar-refractivity contribution >= 4 is 16.7 Å². The Hall–Kier alpha value is -2.95. The molecular weight excluding hydrogens is 314 g/mol. The van der Waals surface area contributed by atoms with Crippen molar-refractivity contribution in [2.24, 2.45) is 0 Å². The predicted molar refractivity (Wildman–Crippen MR) is 86.4 cm³/mol. The lowest BCUT2D eigenvalue weighted by molar-refractivity contribution is 0.0735. The van der Waals surface area contributed by atoms with E-state index in [-0.39, 0.29) is 5.75 Å². The van der Waals surface area contributed by atoms with E-state index < -0.39 is 17.6 Å². The van der Waals surface area contributed by atoms with Gasteiger partial charge in [-0.15, -0.1) is 0 Å². The van der Waals surface area contributed by atoms with Crippen LogP contribution < -0.4 is 9.47 Å². The minimum atomic E-state index is -0.947. The molecular formula is C19H14F2O3. The molecule has 0 bridgehead atoms. The van der Waals surface area contributed by atoms with Crippen LogP contribution in [-0.2, 0) is 0 Å². The van der Waals surface area contributed by atoms with E-state index in [1.54, 1.807) is 30.3 Å². The summed E-state index contributed by atoms with van der Waals surface area (Å²) in [4.78, 5) is 12.1. The second kappa shape index (κ2) is 6.66. The van der Waals surface area contributed by atoms with Crippen molar-refractivity contribution in [2.45, 2.75) is 6.92 Å². The van der Waals surface area contributed by atoms with E-state index in [2.05, 4.69) is 0 Å². The van der Waals surface area contributed by atoms with Crippen molar-refractivity contribution in [3.63, 3.8) is 0 Å². The van der Waals surface area contributed by atoms with Gasteiger partial charge in [-0.25, -0.2) is 13.6 Å². The number of carbonyl (C=O) groups excluding carboxylic acids is 1. The molecule has 0 aliphatic rings. The van der Waals surface area contributed by atoms with Crippen molar-refractivity contribution in [2.75, 3.05) is 6.61 Å². The highest BCUT2D eigenvalue weighted by Crippen LogP contribution is 2.24. The van der Waals surface area contributed by atoms with Crippen LogP contribution in [-0.4, -0.2) is 12.6 Å². The SMILES string of the molecule is CCOc1ccc(C(=O)Oc2ccc3cc(F)c(F)cc3c2)cc1. The fraction of sp³-hybridized carbons (Fsp3) is 0.105. The number of benzene rings is 3. The molecule has 24 heavy (non-hydrogen) atoms. The van der Waals surface area contributed by atoms with Gasteiger partial charge >= 0.3 is 5.97 Å². The minimum Gasteiger partial charge on any atom is -0.494 e. The molecule has 0 atom stereocenters. The molecule has 0 saturated carbocycles. The molecule has 3 rings (SSSR count). The van der Waals surface area contributed by atoms with Crippen LogP contribution in [0.3, 0.4) is 0 Å². The molecule has 3 nitrogen and oxygen atoms in total. The van der Waals surface area contributed by atoms with Gasteiger partial charge in [-0.1, -0.05) is 6.07 Å². The molecule has 0 unspecified atom stereocenters. The summed E-state index contributed by atoms with van der Waals surface area (Å²) >= 11 is 0. The van der Waals surface area contributed by atoms with Gasteiger partial charge in [0, 0.05) is 0 Å². The molecule has 0 amide bonds. The van der Waals surface area contributed by atoms with Gasteiger partial charge < -0.3 is 9.47 Å². The smallest absolute Gasteiger partial charge is 0.343 e. The fourth-order valence-electron chi connectivity index (χ4n) is 2.30. The number of fused-ring (bicyclic) bond motifs is 1. The lowest BCUT2D eigenvalue weighted by Gasteiger charge is -2.07. The first-order chi connectivity index (χ1) is 11.6. The first kappa shape index (κ1) is 15.9. The summed E-state index contributed by atoms with van der Waals surface area (Å²) in [6.07, 6.45) is 0. The van der Waals surface area contributed by atoms with E-state index in [0.717, 1.165) is 12.1 Å². The Morgan fingerprint density at radius 3 is 2.17 bits per heavy atom. The number of esters is 1. The molecule has 0 radical (unpaired) electrons. The van der Waals surface area contributed by atoms with Crippen molar-refractivity contribution in [1.82, 2.24) is 0 Å². The van der Waals surface area contributed by atoms with Crippen molar-refractivity contribution in [3.05, 3.63) is 71.8 Å². The first-order valence-corrected chi connectivity index (χ1v) is 7.40. The molecule has 0 N–H and O–H groups in total. The molecule has 3 aromatic carbocycles. The number of hydrogen-bond donors (Lipinski definition) is 0. The summed E-state index contributed by atoms with van der Waals surface area (Å²) in [5.74, 6) is -1.48. The van der Waals surface area contributed by atoms with Crippen LogP contribution >= 0.6 is 0 Å². The summed E-state index contributed by atoms with van der Waals surface area (Å²) in [6, 6.07) is 13.3. The second-order valence-corrected chi connectivity index (χ2v) is 5.12. The first-order valence-electron chi connectivity index (χ1n) is 7.40. The van der Waals surface area contributed by atoms with E-state index in [4.69, 9.17) is 9.47 Å². The monoisotopic (exact) mass is 328 g/mol. The van der Waals surface area contributed by atoms with Gasteiger partial charge in [0.2, 0.25) is 0 Å². The Labute approximate surface area is 137 Å². The van der Waals surface area contributed by atoms with E-state index in [0.29, 0.717) is 28.7 Å². The molecule has 3 aromatic rings. The van der Waals surface area contributed by atoms with Crippen LogP contribution in [0, 0.1) is 11.6 Å². The third-order valence-electron chi connectivity index (χ3n) is 3.46. The average molecular weight is 328 g/mol. The Morgan fingerprint density at radius 1 is 0.875 bits per heavy atom. The van der Waals surface area contributed by atoms with E-state index >= 15 is 0 Å². The van der Waals surface area contributed by atoms with Gasteiger partial charge in [0.1, 0.15) is 11.5 Å². The van der Waals surface area contributed by atoms with E-state index in [9.17, 15) is 13.6 Å². The van der Waals surface area contributed by atoms with Gasteiger partial charge in [0.25, 0.3) is 0 Å². The molecule has 0 fully saturated rings. The third kappa shape index (κ3) is 3.35. The number of carbonyl (C=O) groups is 1. The summed E-state index contributed by atoms with van der Waals surface area (Å²) in [7, 11) is 0. The highest BCUT2D eigenvalue weighted by Gasteiger charge is 2.10. The number of hydrogen-bond acceptors (Lipinski definition) is 3. The molecule has 0 spiro atoms. The molecule has 122 valence electrons. The summed E-state index contributed by atoms with van der Waals surface area (Å²) < 4.78 is 37.1. The van der Waals surface area contributed by atoms with Crippen LogP contribution in [0.25, 0.3) is 10.8 Å². The van der Waals surface area contributed by atoms with Crippen molar-refractivity contribution in [1.29, 1.82) is 0 Å². The van der Waals surface area contributed by atoms with Gasteiger partial charge in [-0.2, -0.15) is 0 Å². The zero-order valence-corrected chi connectivity index (χ0v) is 12.9. The van der Waals surface area contributed by atoms with E-state index in [1.165, 1.54) is 12.1 Å². The normalized spacial score (nSPS) is 10.6. The standard InChI is InChI=1S/C19H14F2O3/c1-2-23-15-6-3-12(4-7-15)19(22)24-16-8-5-13-10-17(20)18(21)11-14(13)9-16/h3-11H,2H2,1H3. The Morgan fingerprint density at radius 2 is 1.50 bits per heavy atom. The van der Waals surface area contributed by atoms with Crippen molar-refractivity contribution < 1.29 is 23.0 Å². The van der Waals surface area contributed by atoms with Crippen molar-refractivity contribution in [3.8, 4) is 11.5 Å². The zero-order chi connectivity index (χ0) is 17.1. The van der Waals surface area contributed by atoms with Crippen LogP contribution in [0.1, 0.15) is 17.3 Å². The topological polar surface area (TPSA) is 35.5 Å². The largest absolute Gasteiger partial charge is 0.494 e. The molecule has 0 saturated heterocycles. The lowest BCUT2D eigenvalue weighted by atomic mass is 10.1. The van der Waals surface area contributed by atoms with E-state index in [1.807, 2.05) is 6.92 Å². The summed E-state index contributed by atoms with van der Waals surface area (Å²) in [6.45, 7) is 2.41. The van der Waals surface area contributed by atoms with Gasteiger partial charge in [-0.05, 0) is 66.2 Å². The Balaban J connectivity index is 1.80. The maximum absolute atomic E-state index is 13.3. The second-order valence-electron chi connectivity index (χ2n) is 5.12. The molecule has 0 aliphatic carbocycles. The maximum Gasteiger partial charge on any atom is 0.343 e. The Kier molecular flexibility index (Phi) is 4.42. The molecule has 5 heteroatoms. The highest BCUT2D eigenvalue weighted by molar-refractivity contribution is 5.92. The van der Waals surface area contributed by atoms with Gasteiger partial charge in [-0.3, -0.25) is 0 Å². The average Bonchev–Trinajstić information content (AvgIpc) is 2.57. The maximum atomic E-state index is 13.3. The fourth-order valence-corrected chi connectivity index (χ4v) is 2.30. The molecule has 0 aromatic heterocycles. The summed E-state index contributed by atoms with van der Waals surface area (Å²) in [5.41, 5.74) is 0.365. The predicted octanol–water partition coefficient (Wildman–Crippen LogP) is 4.74. The molecule has 0 heterocycles. The summed E-state index contributed by atoms with van der Waals surface area (Å²) in [5, 5.41) is 0.973. The number of halogens is 2.